The highest BCUT2D eigenvalue weighted by atomic mass is 31.3. The molecule has 0 heterocycles. The molecule has 0 aliphatic rings. The molecule has 124 valence electrons. The number of hydrogen-bond donors (Lipinski definition) is 3. The van der Waals surface area contributed by atoms with Crippen LogP contribution in [0.5, 0.6) is 0 Å². The van der Waals surface area contributed by atoms with E-state index in [1.807, 2.05) is 0 Å². The maximum absolute atomic E-state index is 11.3. The number of allylic oxidation sites excluding steroid dienone is 1. The molecule has 1 atom stereocenters. The molecule has 0 rings (SSSR count). The maximum Gasteiger partial charge on any atom is 0.481 e. The Hall–Kier alpha value is -0.330. The molecule has 8 nitrogen and oxygen atoms in total. The first-order chi connectivity index (χ1) is 9.66. The van der Waals surface area contributed by atoms with Crippen LogP contribution in [0.2, 0.25) is 0 Å². The molecule has 0 aromatic rings. The molecule has 0 aliphatic heterocycles. The zero-order valence-corrected chi connectivity index (χ0v) is 13.7. The summed E-state index contributed by atoms with van der Waals surface area (Å²) in [6, 6.07) is 0. The summed E-state index contributed by atoms with van der Waals surface area (Å²) in [6.07, 6.45) is 9.06. The number of phosphoric acid groups is 2. The third-order valence-electron chi connectivity index (χ3n) is 2.36. The van der Waals surface area contributed by atoms with E-state index >= 15 is 0 Å². The number of hydrogen-bond acceptors (Lipinski definition) is 5. The van der Waals surface area contributed by atoms with Gasteiger partial charge in [0.25, 0.3) is 0 Å². The summed E-state index contributed by atoms with van der Waals surface area (Å²) in [5, 5.41) is 0. The number of rotatable bonds is 12. The van der Waals surface area contributed by atoms with Crippen LogP contribution in [0.1, 0.15) is 45.4 Å². The molecule has 0 amide bonds. The van der Waals surface area contributed by atoms with Crippen LogP contribution in [0.25, 0.3) is 0 Å². The van der Waals surface area contributed by atoms with Crippen molar-refractivity contribution in [2.45, 2.75) is 45.4 Å². The van der Waals surface area contributed by atoms with Gasteiger partial charge in [-0.2, -0.15) is 4.31 Å². The van der Waals surface area contributed by atoms with Gasteiger partial charge in [-0.1, -0.05) is 38.7 Å². The van der Waals surface area contributed by atoms with E-state index in [-0.39, 0.29) is 0 Å². The standard InChI is InChI=1S/C11H22O8P2/c1-2-3-4-5-6-7-8-9-11(12)10-18-21(16,17)19-20(13,14)15/h8-9H,2-7,10H2,1H3,(H,16,17)(H2,13,14,15). The predicted octanol–water partition coefficient (Wildman–Crippen LogP) is 2.70. The Bertz CT molecular complexity index is 428. The minimum absolute atomic E-state index is 0.591. The molecule has 0 aromatic carbocycles. The van der Waals surface area contributed by atoms with Gasteiger partial charge in [0.05, 0.1) is 0 Å². The molecule has 0 spiro atoms. The van der Waals surface area contributed by atoms with Crippen LogP contribution >= 0.6 is 15.6 Å². The van der Waals surface area contributed by atoms with E-state index in [0.717, 1.165) is 25.7 Å². The summed E-state index contributed by atoms with van der Waals surface area (Å²) < 4.78 is 29.1. The first kappa shape index (κ1) is 20.7. The van der Waals surface area contributed by atoms with E-state index in [0.29, 0.717) is 6.42 Å². The monoisotopic (exact) mass is 344 g/mol. The Balaban J connectivity index is 3.89. The molecule has 0 saturated carbocycles. The first-order valence-electron chi connectivity index (χ1n) is 6.60. The topological polar surface area (TPSA) is 130 Å². The van der Waals surface area contributed by atoms with Gasteiger partial charge in [-0.15, -0.1) is 0 Å². The van der Waals surface area contributed by atoms with Crippen molar-refractivity contribution in [3.8, 4) is 0 Å². The third kappa shape index (κ3) is 14.4. The van der Waals surface area contributed by atoms with Crippen LogP contribution in [0.15, 0.2) is 12.2 Å². The third-order valence-corrected chi connectivity index (χ3v) is 4.49. The van der Waals surface area contributed by atoms with Gasteiger partial charge in [0.1, 0.15) is 6.61 Å². The van der Waals surface area contributed by atoms with E-state index in [1.54, 1.807) is 6.08 Å². The van der Waals surface area contributed by atoms with E-state index in [4.69, 9.17) is 14.7 Å². The minimum atomic E-state index is -5.15. The Morgan fingerprint density at radius 1 is 1.10 bits per heavy atom. The van der Waals surface area contributed by atoms with Gasteiger partial charge in [-0.25, -0.2) is 9.13 Å². The van der Waals surface area contributed by atoms with Crippen molar-refractivity contribution in [1.82, 2.24) is 0 Å². The average Bonchev–Trinajstić information content (AvgIpc) is 2.32. The number of ketones is 1. The van der Waals surface area contributed by atoms with Crippen LogP contribution in [0.3, 0.4) is 0 Å². The summed E-state index contributed by atoms with van der Waals surface area (Å²) in [5.74, 6) is -0.591. The molecule has 10 heteroatoms. The zero-order chi connectivity index (χ0) is 16.4. The summed E-state index contributed by atoms with van der Waals surface area (Å²) >= 11 is 0. The van der Waals surface area contributed by atoms with E-state index < -0.39 is 28.0 Å². The molecular formula is C11H22O8P2. The fourth-order valence-corrected chi connectivity index (χ4v) is 2.99. The SMILES string of the molecule is CCCCCCCC=CC(=O)COP(=O)(O)OP(=O)(O)O. The van der Waals surface area contributed by atoms with Crippen molar-refractivity contribution >= 4 is 21.4 Å². The van der Waals surface area contributed by atoms with Gasteiger partial charge in [-0.05, 0) is 18.9 Å². The lowest BCUT2D eigenvalue weighted by Gasteiger charge is -2.10. The minimum Gasteiger partial charge on any atom is -0.302 e. The van der Waals surface area contributed by atoms with Crippen molar-refractivity contribution in [2.75, 3.05) is 6.61 Å². The van der Waals surface area contributed by atoms with Crippen molar-refractivity contribution in [1.29, 1.82) is 0 Å². The number of carbonyl (C=O) groups is 1. The van der Waals surface area contributed by atoms with Gasteiger partial charge in [0.2, 0.25) is 0 Å². The van der Waals surface area contributed by atoms with Crippen molar-refractivity contribution in [2.24, 2.45) is 0 Å². The molecule has 0 aromatic heterocycles. The van der Waals surface area contributed by atoms with Gasteiger partial charge in [-0.3, -0.25) is 9.32 Å². The molecule has 3 N–H and O–H groups in total. The lowest BCUT2D eigenvalue weighted by Crippen LogP contribution is -2.05. The van der Waals surface area contributed by atoms with Crippen molar-refractivity contribution in [3.05, 3.63) is 12.2 Å². The number of phosphoric ester groups is 1. The van der Waals surface area contributed by atoms with Gasteiger partial charge < -0.3 is 14.7 Å². The fraction of sp³-hybridized carbons (Fsp3) is 0.727. The lowest BCUT2D eigenvalue weighted by molar-refractivity contribution is -0.116. The quantitative estimate of drug-likeness (QED) is 0.280. The van der Waals surface area contributed by atoms with Gasteiger partial charge in [0.15, 0.2) is 5.78 Å². The molecule has 0 bridgehead atoms. The number of unbranched alkanes of at least 4 members (excludes halogenated alkanes) is 5. The summed E-state index contributed by atoms with van der Waals surface area (Å²) in [6.45, 7) is 1.33. The number of carbonyl (C=O) groups excluding carboxylic acids is 1. The van der Waals surface area contributed by atoms with Crippen LogP contribution in [-0.2, 0) is 22.8 Å². The Morgan fingerprint density at radius 3 is 2.29 bits per heavy atom. The lowest BCUT2D eigenvalue weighted by atomic mass is 10.1. The van der Waals surface area contributed by atoms with E-state index in [2.05, 4.69) is 15.8 Å². The highest BCUT2D eigenvalue weighted by Gasteiger charge is 2.32. The molecule has 0 radical (unpaired) electrons. The highest BCUT2D eigenvalue weighted by molar-refractivity contribution is 7.60. The van der Waals surface area contributed by atoms with Gasteiger partial charge >= 0.3 is 15.6 Å². The second-order valence-electron chi connectivity index (χ2n) is 4.39. The average molecular weight is 344 g/mol. The first-order valence-corrected chi connectivity index (χ1v) is 9.62. The predicted molar refractivity (Wildman–Crippen MR) is 76.4 cm³/mol. The van der Waals surface area contributed by atoms with Crippen molar-refractivity contribution in [3.63, 3.8) is 0 Å². The van der Waals surface area contributed by atoms with E-state index in [9.17, 15) is 13.9 Å². The largest absolute Gasteiger partial charge is 0.481 e. The molecule has 1 unspecified atom stereocenters. The second kappa shape index (κ2) is 10.4. The molecule has 0 aliphatic carbocycles. The molecule has 0 fully saturated rings. The zero-order valence-electron chi connectivity index (χ0n) is 11.9. The Labute approximate surface area is 124 Å². The summed E-state index contributed by atoms with van der Waals surface area (Å²) in [5.41, 5.74) is 0. The summed E-state index contributed by atoms with van der Waals surface area (Å²) in [7, 11) is -10.1. The normalized spacial score (nSPS) is 15.2. The van der Waals surface area contributed by atoms with Crippen LogP contribution < -0.4 is 0 Å². The van der Waals surface area contributed by atoms with E-state index in [1.165, 1.54) is 12.5 Å². The smallest absolute Gasteiger partial charge is 0.302 e. The Kier molecular flexibility index (Phi) is 10.2. The van der Waals surface area contributed by atoms with Gasteiger partial charge in [0, 0.05) is 0 Å². The summed E-state index contributed by atoms with van der Waals surface area (Å²) in [4.78, 5) is 36.9. The molecule has 21 heavy (non-hydrogen) atoms. The fourth-order valence-electron chi connectivity index (χ4n) is 1.43. The van der Waals surface area contributed by atoms with Crippen LogP contribution in [0, 0.1) is 0 Å². The Morgan fingerprint density at radius 2 is 1.71 bits per heavy atom. The second-order valence-corrected chi connectivity index (χ2v) is 7.22. The van der Waals surface area contributed by atoms with Crippen molar-refractivity contribution < 1.29 is 37.4 Å². The molecule has 0 saturated heterocycles. The van der Waals surface area contributed by atoms with Crippen LogP contribution in [0.4, 0.5) is 0 Å². The molecular weight excluding hydrogens is 322 g/mol. The van der Waals surface area contributed by atoms with Crippen LogP contribution in [-0.4, -0.2) is 27.1 Å². The highest BCUT2D eigenvalue weighted by Crippen LogP contribution is 2.57. The maximum atomic E-state index is 11.3.